The molecule has 0 spiro atoms. The van der Waals surface area contributed by atoms with Gasteiger partial charge < -0.3 is 14.8 Å². The van der Waals surface area contributed by atoms with Crippen LogP contribution in [0.15, 0.2) is 48.5 Å². The molecule has 0 aliphatic carbocycles. The molecule has 0 amide bonds. The minimum atomic E-state index is 0.934. The number of rotatable bonds is 8. The molecule has 0 unspecified atom stereocenters. The second-order valence-corrected chi connectivity index (χ2v) is 7.82. The second-order valence-electron chi connectivity index (χ2n) is 7.82. The molecule has 3 nitrogen and oxygen atoms in total. The highest BCUT2D eigenvalue weighted by atomic mass is 15.1. The number of aryl methyl sites for hydroxylation is 1. The zero-order valence-corrected chi connectivity index (χ0v) is 17.4. The average Bonchev–Trinajstić information content (AvgIpc) is 3.06. The molecule has 4 rings (SSSR count). The first-order chi connectivity index (χ1) is 13.8. The predicted octanol–water partition coefficient (Wildman–Crippen LogP) is 5.16. The second kappa shape index (κ2) is 8.83. The Morgan fingerprint density at radius 3 is 2.71 bits per heavy atom. The van der Waals surface area contributed by atoms with Gasteiger partial charge >= 0.3 is 0 Å². The minimum absolute atomic E-state index is 0.934. The minimum Gasteiger partial charge on any atom is -0.372 e. The van der Waals surface area contributed by atoms with Gasteiger partial charge in [-0.2, -0.15) is 0 Å². The lowest BCUT2D eigenvalue weighted by atomic mass is 10.0. The summed E-state index contributed by atoms with van der Waals surface area (Å²) in [6.45, 7) is 9.69. The zero-order valence-electron chi connectivity index (χ0n) is 17.4. The Morgan fingerprint density at radius 1 is 1.00 bits per heavy atom. The van der Waals surface area contributed by atoms with Gasteiger partial charge in [0.1, 0.15) is 0 Å². The van der Waals surface area contributed by atoms with Crippen LogP contribution in [0.5, 0.6) is 0 Å². The van der Waals surface area contributed by atoms with Crippen LogP contribution in [0.2, 0.25) is 0 Å². The van der Waals surface area contributed by atoms with E-state index in [1.54, 1.807) is 11.3 Å². The Bertz CT molecular complexity index is 921. The fraction of sp³-hybridized carbons (Fsp3) is 0.440. The van der Waals surface area contributed by atoms with Gasteiger partial charge in [0.15, 0.2) is 0 Å². The molecule has 3 aromatic rings. The number of aromatic nitrogens is 1. The molecule has 2 aromatic carbocycles. The molecule has 1 N–H and O–H groups in total. The molecule has 0 bridgehead atoms. The Morgan fingerprint density at radius 2 is 1.86 bits per heavy atom. The van der Waals surface area contributed by atoms with Gasteiger partial charge in [0.25, 0.3) is 0 Å². The lowest BCUT2D eigenvalue weighted by Crippen LogP contribution is -2.22. The maximum absolute atomic E-state index is 3.69. The van der Waals surface area contributed by atoms with E-state index in [0.717, 1.165) is 32.6 Å². The summed E-state index contributed by atoms with van der Waals surface area (Å²) in [7, 11) is 0. The number of nitrogens with one attached hydrogen (secondary N) is 1. The SMILES string of the molecule is CCN(CC)c1cccc(CNCCc2c3n(c4ccccc24)CCCC3)c1. The monoisotopic (exact) mass is 375 g/mol. The number of anilines is 1. The Kier molecular flexibility index (Phi) is 6.01. The number of benzene rings is 2. The van der Waals surface area contributed by atoms with Crippen molar-refractivity contribution in [3.05, 3.63) is 65.4 Å². The van der Waals surface area contributed by atoms with E-state index < -0.39 is 0 Å². The average molecular weight is 376 g/mol. The molecule has 3 heteroatoms. The van der Waals surface area contributed by atoms with Crippen LogP contribution in [0.4, 0.5) is 5.69 Å². The summed E-state index contributed by atoms with van der Waals surface area (Å²) in [6.07, 6.45) is 4.98. The summed E-state index contributed by atoms with van der Waals surface area (Å²) in [5, 5.41) is 5.15. The van der Waals surface area contributed by atoms with E-state index in [4.69, 9.17) is 0 Å². The molecular formula is C25H33N3. The third-order valence-electron chi connectivity index (χ3n) is 6.16. The van der Waals surface area contributed by atoms with Crippen molar-refractivity contribution in [2.24, 2.45) is 0 Å². The first-order valence-corrected chi connectivity index (χ1v) is 11.0. The standard InChI is InChI=1S/C25H33N3/c1-3-27(4-2)21-11-9-10-20(18-21)19-26-16-15-23-22-12-5-6-13-24(22)28-17-8-7-14-25(23)28/h5-6,9-13,18,26H,3-4,7-8,14-17,19H2,1-2H3. The molecule has 0 atom stereocenters. The molecular weight excluding hydrogens is 342 g/mol. The number of hydrogen-bond donors (Lipinski definition) is 1. The Labute approximate surface area is 169 Å². The van der Waals surface area contributed by atoms with Gasteiger partial charge in [-0.1, -0.05) is 30.3 Å². The highest BCUT2D eigenvalue weighted by molar-refractivity contribution is 5.85. The van der Waals surface area contributed by atoms with E-state index in [2.05, 4.69) is 77.2 Å². The van der Waals surface area contributed by atoms with Gasteiger partial charge in [0.05, 0.1) is 0 Å². The normalized spacial score (nSPS) is 13.6. The van der Waals surface area contributed by atoms with Crippen LogP contribution in [0.25, 0.3) is 10.9 Å². The quantitative estimate of drug-likeness (QED) is 0.549. The maximum atomic E-state index is 3.69. The van der Waals surface area contributed by atoms with Crippen molar-refractivity contribution in [3.63, 3.8) is 0 Å². The third kappa shape index (κ3) is 3.81. The highest BCUT2D eigenvalue weighted by Gasteiger charge is 2.18. The molecule has 1 aliphatic rings. The number of hydrogen-bond acceptors (Lipinski definition) is 2. The summed E-state index contributed by atoms with van der Waals surface area (Å²) < 4.78 is 2.57. The van der Waals surface area contributed by atoms with Crippen LogP contribution in [0.1, 0.15) is 43.5 Å². The molecule has 0 saturated heterocycles. The van der Waals surface area contributed by atoms with E-state index in [1.807, 2.05) is 0 Å². The van der Waals surface area contributed by atoms with Crippen molar-refractivity contribution < 1.29 is 0 Å². The van der Waals surface area contributed by atoms with Crippen molar-refractivity contribution in [1.29, 1.82) is 0 Å². The number of fused-ring (bicyclic) bond motifs is 3. The molecule has 0 saturated carbocycles. The number of nitrogens with zero attached hydrogens (tertiary/aromatic N) is 2. The fourth-order valence-corrected chi connectivity index (χ4v) is 4.71. The molecule has 1 aliphatic heterocycles. The van der Waals surface area contributed by atoms with E-state index in [-0.39, 0.29) is 0 Å². The summed E-state index contributed by atoms with van der Waals surface area (Å²) >= 11 is 0. The van der Waals surface area contributed by atoms with Gasteiger partial charge in [0, 0.05) is 48.5 Å². The maximum Gasteiger partial charge on any atom is 0.0485 e. The van der Waals surface area contributed by atoms with Crippen LogP contribution >= 0.6 is 0 Å². The van der Waals surface area contributed by atoms with Crippen LogP contribution in [0, 0.1) is 0 Å². The first-order valence-electron chi connectivity index (χ1n) is 11.0. The van der Waals surface area contributed by atoms with Gasteiger partial charge in [0.2, 0.25) is 0 Å². The van der Waals surface area contributed by atoms with Crippen LogP contribution in [0.3, 0.4) is 0 Å². The van der Waals surface area contributed by atoms with Crippen molar-refractivity contribution in [2.45, 2.75) is 52.6 Å². The predicted molar refractivity (Wildman–Crippen MR) is 120 cm³/mol. The van der Waals surface area contributed by atoms with Crippen LogP contribution < -0.4 is 10.2 Å². The Hall–Kier alpha value is -2.26. The zero-order chi connectivity index (χ0) is 19.3. The van der Waals surface area contributed by atoms with Crippen molar-refractivity contribution in [2.75, 3.05) is 24.5 Å². The number of para-hydroxylation sites is 1. The van der Waals surface area contributed by atoms with E-state index in [1.165, 1.54) is 48.0 Å². The summed E-state index contributed by atoms with van der Waals surface area (Å²) in [6, 6.07) is 17.9. The summed E-state index contributed by atoms with van der Waals surface area (Å²) in [5.41, 5.74) is 7.28. The van der Waals surface area contributed by atoms with E-state index in [9.17, 15) is 0 Å². The van der Waals surface area contributed by atoms with Crippen molar-refractivity contribution >= 4 is 16.6 Å². The topological polar surface area (TPSA) is 20.2 Å². The van der Waals surface area contributed by atoms with Crippen molar-refractivity contribution in [3.8, 4) is 0 Å². The molecule has 0 radical (unpaired) electrons. The van der Waals surface area contributed by atoms with Gasteiger partial charge in [-0.25, -0.2) is 0 Å². The fourth-order valence-electron chi connectivity index (χ4n) is 4.71. The van der Waals surface area contributed by atoms with E-state index >= 15 is 0 Å². The molecule has 1 aromatic heterocycles. The molecule has 148 valence electrons. The molecule has 2 heterocycles. The molecule has 28 heavy (non-hydrogen) atoms. The van der Waals surface area contributed by atoms with Crippen LogP contribution in [-0.2, 0) is 25.9 Å². The molecule has 0 fully saturated rings. The van der Waals surface area contributed by atoms with Crippen LogP contribution in [-0.4, -0.2) is 24.2 Å². The van der Waals surface area contributed by atoms with Crippen molar-refractivity contribution in [1.82, 2.24) is 9.88 Å². The summed E-state index contributed by atoms with van der Waals surface area (Å²) in [4.78, 5) is 2.41. The van der Waals surface area contributed by atoms with Gasteiger partial charge in [-0.3, -0.25) is 0 Å². The highest BCUT2D eigenvalue weighted by Crippen LogP contribution is 2.30. The Balaban J connectivity index is 1.42. The summed E-state index contributed by atoms with van der Waals surface area (Å²) in [5.74, 6) is 0. The lowest BCUT2D eigenvalue weighted by molar-refractivity contribution is 0.539. The van der Waals surface area contributed by atoms with Gasteiger partial charge in [-0.05, 0) is 75.4 Å². The van der Waals surface area contributed by atoms with Gasteiger partial charge in [-0.15, -0.1) is 0 Å². The lowest BCUT2D eigenvalue weighted by Gasteiger charge is -2.21. The third-order valence-corrected chi connectivity index (χ3v) is 6.16. The smallest absolute Gasteiger partial charge is 0.0485 e. The first kappa shape index (κ1) is 19.1. The largest absolute Gasteiger partial charge is 0.372 e. The van der Waals surface area contributed by atoms with E-state index in [0.29, 0.717) is 0 Å².